The number of rotatable bonds is 4. The molecule has 0 bridgehead atoms. The number of nitro groups is 1. The molecule has 0 aromatic heterocycles. The van der Waals surface area contributed by atoms with Gasteiger partial charge in [-0.3, -0.25) is 24.6 Å². The summed E-state index contributed by atoms with van der Waals surface area (Å²) in [4.78, 5) is 37.8. The van der Waals surface area contributed by atoms with Gasteiger partial charge in [-0.25, -0.2) is 4.39 Å². The van der Waals surface area contributed by atoms with Crippen LogP contribution in [0.3, 0.4) is 0 Å². The first-order chi connectivity index (χ1) is 15.3. The maximum atomic E-state index is 13.5. The van der Waals surface area contributed by atoms with Crippen LogP contribution in [0.5, 0.6) is 0 Å². The highest BCUT2D eigenvalue weighted by molar-refractivity contribution is 6.51. The van der Waals surface area contributed by atoms with Crippen molar-refractivity contribution >= 4 is 40.4 Å². The number of aliphatic hydroxyl groups excluding tert-OH is 1. The summed E-state index contributed by atoms with van der Waals surface area (Å²) in [7, 11) is 0. The summed E-state index contributed by atoms with van der Waals surface area (Å²) in [5.74, 6) is -2.93. The van der Waals surface area contributed by atoms with Crippen molar-refractivity contribution in [2.75, 3.05) is 4.90 Å². The number of nitrogens with zero attached hydrogens (tertiary/aromatic N) is 2. The molecule has 0 unspecified atom stereocenters. The van der Waals surface area contributed by atoms with Crippen molar-refractivity contribution in [2.45, 2.75) is 6.04 Å². The fourth-order valence-corrected chi connectivity index (χ4v) is 3.71. The summed E-state index contributed by atoms with van der Waals surface area (Å²) in [6, 6.07) is 15.1. The second-order valence-corrected chi connectivity index (χ2v) is 7.44. The molecule has 0 aliphatic carbocycles. The summed E-state index contributed by atoms with van der Waals surface area (Å²) >= 11 is 5.89. The minimum atomic E-state index is -1.17. The Labute approximate surface area is 186 Å². The summed E-state index contributed by atoms with van der Waals surface area (Å²) in [6.07, 6.45) is 0. The molecule has 1 aliphatic heterocycles. The van der Waals surface area contributed by atoms with Gasteiger partial charge in [-0.1, -0.05) is 23.7 Å². The van der Waals surface area contributed by atoms with Crippen molar-refractivity contribution < 1.29 is 24.0 Å². The fraction of sp³-hybridized carbons (Fsp3) is 0.0435. The Balaban J connectivity index is 1.96. The Morgan fingerprint density at radius 3 is 2.31 bits per heavy atom. The van der Waals surface area contributed by atoms with Crippen molar-refractivity contribution in [3.05, 3.63) is 110 Å². The molecule has 1 amide bonds. The molecule has 4 rings (SSSR count). The number of benzene rings is 3. The number of hydrogen-bond acceptors (Lipinski definition) is 5. The molecule has 1 heterocycles. The summed E-state index contributed by atoms with van der Waals surface area (Å²) < 4.78 is 13.5. The van der Waals surface area contributed by atoms with E-state index in [9.17, 15) is 29.2 Å². The highest BCUT2D eigenvalue weighted by Crippen LogP contribution is 2.42. The number of aliphatic hydroxyl groups is 1. The number of hydrogen-bond donors (Lipinski definition) is 1. The van der Waals surface area contributed by atoms with Crippen LogP contribution in [0.25, 0.3) is 5.76 Å². The van der Waals surface area contributed by atoms with Crippen molar-refractivity contribution in [3.8, 4) is 0 Å². The van der Waals surface area contributed by atoms with E-state index in [0.717, 1.165) is 17.0 Å². The number of non-ortho nitro benzene ring substituents is 1. The standard InChI is InChI=1S/C23H14ClFN2O5/c24-15-6-4-13(5-7-15)21(28)19-20(14-2-1-3-18(12-14)27(31)32)26(23(30)22(19)29)17-10-8-16(25)9-11-17/h1-12,20,28H/t20-/m0/s1. The number of amides is 1. The molecule has 3 aromatic rings. The zero-order chi connectivity index (χ0) is 23.0. The lowest BCUT2D eigenvalue weighted by Crippen LogP contribution is -2.29. The number of carbonyl (C=O) groups is 2. The van der Waals surface area contributed by atoms with Crippen LogP contribution in [0.1, 0.15) is 17.2 Å². The van der Waals surface area contributed by atoms with E-state index < -0.39 is 34.2 Å². The largest absolute Gasteiger partial charge is 0.507 e. The lowest BCUT2D eigenvalue weighted by atomic mass is 9.95. The van der Waals surface area contributed by atoms with Gasteiger partial charge in [-0.05, 0) is 54.1 Å². The van der Waals surface area contributed by atoms with Crippen LogP contribution in [0.15, 0.2) is 78.4 Å². The SMILES string of the molecule is O=C1C(=O)N(c2ccc(F)cc2)[C@@H](c2cccc([N+](=O)[O-])c2)C1=C(O)c1ccc(Cl)cc1. The number of ketones is 1. The first-order valence-corrected chi connectivity index (χ1v) is 9.72. The monoisotopic (exact) mass is 452 g/mol. The molecule has 3 aromatic carbocycles. The van der Waals surface area contributed by atoms with Gasteiger partial charge >= 0.3 is 0 Å². The molecule has 0 spiro atoms. The quantitative estimate of drug-likeness (QED) is 0.197. The molecule has 1 N–H and O–H groups in total. The van der Waals surface area contributed by atoms with Crippen molar-refractivity contribution in [3.63, 3.8) is 0 Å². The molecule has 0 radical (unpaired) electrons. The number of anilines is 1. The topological polar surface area (TPSA) is 101 Å². The fourth-order valence-electron chi connectivity index (χ4n) is 3.59. The average Bonchev–Trinajstić information content (AvgIpc) is 3.05. The molecule has 1 saturated heterocycles. The summed E-state index contributed by atoms with van der Waals surface area (Å²) in [6.45, 7) is 0. The van der Waals surface area contributed by atoms with Crippen LogP contribution in [-0.2, 0) is 9.59 Å². The van der Waals surface area contributed by atoms with Crippen LogP contribution in [0.4, 0.5) is 15.8 Å². The molecule has 0 saturated carbocycles. The highest BCUT2D eigenvalue weighted by Gasteiger charge is 2.47. The Kier molecular flexibility index (Phi) is 5.46. The molecule has 9 heteroatoms. The van der Waals surface area contributed by atoms with Crippen molar-refractivity contribution in [2.24, 2.45) is 0 Å². The molecule has 1 aliphatic rings. The normalized spacial score (nSPS) is 17.6. The Morgan fingerprint density at radius 1 is 1.03 bits per heavy atom. The molecular formula is C23H14ClFN2O5. The minimum absolute atomic E-state index is 0.195. The third-order valence-electron chi connectivity index (χ3n) is 5.06. The van der Waals surface area contributed by atoms with E-state index in [1.54, 1.807) is 0 Å². The third-order valence-corrected chi connectivity index (χ3v) is 5.32. The van der Waals surface area contributed by atoms with Crippen LogP contribution < -0.4 is 4.90 Å². The second-order valence-electron chi connectivity index (χ2n) is 7.00. The number of Topliss-reactive ketones (excluding diaryl/α,β-unsaturated/α-hetero) is 1. The van der Waals surface area contributed by atoms with Crippen LogP contribution >= 0.6 is 11.6 Å². The van der Waals surface area contributed by atoms with E-state index in [1.165, 1.54) is 60.7 Å². The number of halogens is 2. The first-order valence-electron chi connectivity index (χ1n) is 9.35. The zero-order valence-corrected chi connectivity index (χ0v) is 17.0. The molecule has 1 atom stereocenters. The van der Waals surface area contributed by atoms with Gasteiger partial charge in [0.25, 0.3) is 17.4 Å². The molecular weight excluding hydrogens is 439 g/mol. The van der Waals surface area contributed by atoms with E-state index in [4.69, 9.17) is 11.6 Å². The van der Waals surface area contributed by atoms with Crippen LogP contribution in [0.2, 0.25) is 5.02 Å². The van der Waals surface area contributed by atoms with Crippen molar-refractivity contribution in [1.82, 2.24) is 0 Å². The Morgan fingerprint density at radius 2 is 1.69 bits per heavy atom. The molecule has 1 fully saturated rings. The molecule has 7 nitrogen and oxygen atoms in total. The smallest absolute Gasteiger partial charge is 0.300 e. The Hall–Kier alpha value is -4.04. The van der Waals surface area contributed by atoms with E-state index in [0.29, 0.717) is 5.02 Å². The van der Waals surface area contributed by atoms with Gasteiger partial charge in [0.05, 0.1) is 16.5 Å². The molecule has 160 valence electrons. The van der Waals surface area contributed by atoms with Gasteiger partial charge in [0.2, 0.25) is 0 Å². The minimum Gasteiger partial charge on any atom is -0.507 e. The van der Waals surface area contributed by atoms with Crippen molar-refractivity contribution in [1.29, 1.82) is 0 Å². The number of nitro benzene ring substituents is 1. The predicted octanol–water partition coefficient (Wildman–Crippen LogP) is 5.01. The van der Waals surface area contributed by atoms with Crippen LogP contribution in [0, 0.1) is 15.9 Å². The lowest BCUT2D eigenvalue weighted by molar-refractivity contribution is -0.384. The van der Waals surface area contributed by atoms with E-state index in [2.05, 4.69) is 0 Å². The first kappa shape index (κ1) is 21.2. The van der Waals surface area contributed by atoms with Gasteiger partial charge in [-0.2, -0.15) is 0 Å². The van der Waals surface area contributed by atoms with Crippen LogP contribution in [-0.4, -0.2) is 21.7 Å². The van der Waals surface area contributed by atoms with E-state index >= 15 is 0 Å². The lowest BCUT2D eigenvalue weighted by Gasteiger charge is -2.25. The third kappa shape index (κ3) is 3.72. The maximum Gasteiger partial charge on any atom is 0.300 e. The summed E-state index contributed by atoms with van der Waals surface area (Å²) in [5.41, 5.74) is 0.168. The van der Waals surface area contributed by atoms with Gasteiger partial charge in [0, 0.05) is 28.4 Å². The van der Waals surface area contributed by atoms with E-state index in [1.807, 2.05) is 0 Å². The zero-order valence-electron chi connectivity index (χ0n) is 16.2. The molecule has 32 heavy (non-hydrogen) atoms. The second kappa shape index (κ2) is 8.24. The van der Waals surface area contributed by atoms with E-state index in [-0.39, 0.29) is 28.1 Å². The predicted molar refractivity (Wildman–Crippen MR) is 116 cm³/mol. The maximum absolute atomic E-state index is 13.5. The van der Waals surface area contributed by atoms with Gasteiger partial charge < -0.3 is 5.11 Å². The average molecular weight is 453 g/mol. The number of carbonyl (C=O) groups excluding carboxylic acids is 2. The van der Waals surface area contributed by atoms with Gasteiger partial charge in [-0.15, -0.1) is 0 Å². The van der Waals surface area contributed by atoms with Gasteiger partial charge in [0.1, 0.15) is 11.6 Å². The van der Waals surface area contributed by atoms with Gasteiger partial charge in [0.15, 0.2) is 0 Å². The highest BCUT2D eigenvalue weighted by atomic mass is 35.5. The Bertz CT molecular complexity index is 1270. The summed E-state index contributed by atoms with van der Waals surface area (Å²) in [5, 5.41) is 22.7.